The number of hydrogen-bond acceptors (Lipinski definition) is 6. The number of nitrogens with one attached hydrogen (secondary N) is 1. The third-order valence-corrected chi connectivity index (χ3v) is 5.74. The van der Waals surface area contributed by atoms with Crippen LogP contribution in [0, 0.1) is 0 Å². The average molecular weight is 320 g/mol. The van der Waals surface area contributed by atoms with Gasteiger partial charge in [-0.2, -0.15) is 0 Å². The van der Waals surface area contributed by atoms with Gasteiger partial charge in [-0.15, -0.1) is 11.3 Å². The smallest absolute Gasteiger partial charge is 0.241 e. The van der Waals surface area contributed by atoms with E-state index >= 15 is 0 Å². The first-order valence-corrected chi connectivity index (χ1v) is 8.93. The number of rotatable bonds is 6. The van der Waals surface area contributed by atoms with Crippen LogP contribution in [0.5, 0.6) is 0 Å². The lowest BCUT2D eigenvalue weighted by atomic mass is 10.3. The molecule has 0 aromatic carbocycles. The molecule has 1 aromatic rings. The van der Waals surface area contributed by atoms with Gasteiger partial charge in [0.25, 0.3) is 0 Å². The van der Waals surface area contributed by atoms with Crippen molar-refractivity contribution < 1.29 is 18.3 Å². The predicted molar refractivity (Wildman–Crippen MR) is 77.3 cm³/mol. The minimum atomic E-state index is -3.52. The summed E-state index contributed by atoms with van der Waals surface area (Å²) in [4.78, 5) is 3.07. The van der Waals surface area contributed by atoms with E-state index in [1.807, 2.05) is 0 Å². The molecule has 1 fully saturated rings. The zero-order valence-electron chi connectivity index (χ0n) is 11.4. The van der Waals surface area contributed by atoms with E-state index < -0.39 is 10.0 Å². The van der Waals surface area contributed by atoms with Crippen LogP contribution in [0.15, 0.2) is 16.3 Å². The number of sulfonamides is 1. The minimum Gasteiger partial charge on any atom is -0.391 e. The second-order valence-electron chi connectivity index (χ2n) is 4.64. The van der Waals surface area contributed by atoms with Crippen LogP contribution in [0.4, 0.5) is 0 Å². The maximum Gasteiger partial charge on any atom is 0.241 e. The Morgan fingerprint density at radius 3 is 3.05 bits per heavy atom. The van der Waals surface area contributed by atoms with Gasteiger partial charge in [-0.05, 0) is 12.6 Å². The third kappa shape index (κ3) is 4.00. The van der Waals surface area contributed by atoms with E-state index in [1.54, 1.807) is 0 Å². The van der Waals surface area contributed by atoms with Gasteiger partial charge in [0, 0.05) is 29.9 Å². The lowest BCUT2D eigenvalue weighted by Gasteiger charge is -2.32. The van der Waals surface area contributed by atoms with Crippen molar-refractivity contribution in [1.29, 1.82) is 0 Å². The van der Waals surface area contributed by atoms with Gasteiger partial charge in [0.15, 0.2) is 0 Å². The molecule has 1 aliphatic heterocycles. The van der Waals surface area contributed by atoms with E-state index in [0.29, 0.717) is 11.5 Å². The zero-order chi connectivity index (χ0) is 14.6. The monoisotopic (exact) mass is 320 g/mol. The molecule has 0 spiro atoms. The molecule has 2 heterocycles. The Morgan fingerprint density at radius 1 is 1.60 bits per heavy atom. The molecule has 0 bridgehead atoms. The lowest BCUT2D eigenvalue weighted by molar-refractivity contribution is -0.0229. The summed E-state index contributed by atoms with van der Waals surface area (Å²) in [5, 5.41) is 10.5. The van der Waals surface area contributed by atoms with Crippen LogP contribution < -0.4 is 4.72 Å². The number of hydrogen-bond donors (Lipinski definition) is 2. The standard InChI is InChI=1S/C12H20N2O4S2/c1-2-14-3-4-18-10(7-14)6-13-20(16,17)12-5-11(8-15)19-9-12/h5,9-10,13,15H,2-4,6-8H2,1H3. The van der Waals surface area contributed by atoms with Crippen molar-refractivity contribution in [1.82, 2.24) is 9.62 Å². The first-order chi connectivity index (χ1) is 9.55. The molecule has 1 aromatic heterocycles. The minimum absolute atomic E-state index is 0.116. The molecule has 1 saturated heterocycles. The maximum atomic E-state index is 12.1. The highest BCUT2D eigenvalue weighted by Gasteiger charge is 2.22. The summed E-state index contributed by atoms with van der Waals surface area (Å²) >= 11 is 1.23. The molecule has 1 unspecified atom stereocenters. The Kier molecular flexibility index (Phi) is 5.53. The highest BCUT2D eigenvalue weighted by Crippen LogP contribution is 2.19. The van der Waals surface area contributed by atoms with Crippen molar-refractivity contribution in [3.8, 4) is 0 Å². The number of nitrogens with zero attached hydrogens (tertiary/aromatic N) is 1. The fraction of sp³-hybridized carbons (Fsp3) is 0.667. The van der Waals surface area contributed by atoms with Crippen molar-refractivity contribution in [2.75, 3.05) is 32.8 Å². The number of aliphatic hydroxyl groups excluding tert-OH is 1. The first kappa shape index (κ1) is 15.9. The second-order valence-corrected chi connectivity index (χ2v) is 7.41. The van der Waals surface area contributed by atoms with Crippen LogP contribution in [0.25, 0.3) is 0 Å². The predicted octanol–water partition coefficient (Wildman–Crippen LogP) is 0.239. The average Bonchev–Trinajstić information content (AvgIpc) is 2.95. The Bertz CT molecular complexity index is 529. The maximum absolute atomic E-state index is 12.1. The van der Waals surface area contributed by atoms with E-state index in [0.717, 1.165) is 19.6 Å². The van der Waals surface area contributed by atoms with Crippen LogP contribution in [0.1, 0.15) is 11.8 Å². The molecule has 1 aliphatic rings. The normalized spacial score (nSPS) is 21.2. The molecule has 0 aliphatic carbocycles. The van der Waals surface area contributed by atoms with Crippen molar-refractivity contribution in [3.05, 3.63) is 16.3 Å². The van der Waals surface area contributed by atoms with Gasteiger partial charge in [-0.3, -0.25) is 4.90 Å². The van der Waals surface area contributed by atoms with Gasteiger partial charge in [-0.1, -0.05) is 6.92 Å². The van der Waals surface area contributed by atoms with Crippen LogP contribution in [-0.4, -0.2) is 57.3 Å². The Hall–Kier alpha value is -0.510. The van der Waals surface area contributed by atoms with Gasteiger partial charge < -0.3 is 9.84 Å². The summed E-state index contributed by atoms with van der Waals surface area (Å²) in [7, 11) is -3.52. The molecular formula is C12H20N2O4S2. The van der Waals surface area contributed by atoms with Gasteiger partial charge in [0.05, 0.1) is 24.2 Å². The van der Waals surface area contributed by atoms with Crippen LogP contribution in [0.2, 0.25) is 0 Å². The van der Waals surface area contributed by atoms with E-state index in [4.69, 9.17) is 9.84 Å². The summed E-state index contributed by atoms with van der Waals surface area (Å²) in [5.41, 5.74) is 0. The number of ether oxygens (including phenoxy) is 1. The number of aliphatic hydroxyl groups is 1. The van der Waals surface area contributed by atoms with E-state index in [-0.39, 0.29) is 24.2 Å². The van der Waals surface area contributed by atoms with Crippen LogP contribution in [-0.2, 0) is 21.4 Å². The Morgan fingerprint density at radius 2 is 2.40 bits per heavy atom. The largest absolute Gasteiger partial charge is 0.391 e. The van der Waals surface area contributed by atoms with Gasteiger partial charge >= 0.3 is 0 Å². The summed E-state index contributed by atoms with van der Waals surface area (Å²) in [6.45, 7) is 5.41. The summed E-state index contributed by atoms with van der Waals surface area (Å²) < 4.78 is 32.3. The molecule has 0 amide bonds. The molecule has 0 saturated carbocycles. The quantitative estimate of drug-likeness (QED) is 0.785. The van der Waals surface area contributed by atoms with Gasteiger partial charge in [0.1, 0.15) is 0 Å². The lowest BCUT2D eigenvalue weighted by Crippen LogP contribution is -2.47. The molecule has 0 radical (unpaired) electrons. The molecular weight excluding hydrogens is 300 g/mol. The van der Waals surface area contributed by atoms with Crippen molar-refractivity contribution in [2.24, 2.45) is 0 Å². The van der Waals surface area contributed by atoms with Crippen LogP contribution >= 0.6 is 11.3 Å². The molecule has 2 N–H and O–H groups in total. The molecule has 8 heteroatoms. The third-order valence-electron chi connectivity index (χ3n) is 3.27. The van der Waals surface area contributed by atoms with Crippen LogP contribution in [0.3, 0.4) is 0 Å². The fourth-order valence-electron chi connectivity index (χ4n) is 2.06. The van der Waals surface area contributed by atoms with E-state index in [9.17, 15) is 8.42 Å². The second kappa shape index (κ2) is 6.97. The van der Waals surface area contributed by atoms with Crippen molar-refractivity contribution in [3.63, 3.8) is 0 Å². The molecule has 20 heavy (non-hydrogen) atoms. The van der Waals surface area contributed by atoms with Crippen molar-refractivity contribution >= 4 is 21.4 Å². The summed E-state index contributed by atoms with van der Waals surface area (Å²) in [5.74, 6) is 0. The topological polar surface area (TPSA) is 78.9 Å². The number of likely N-dealkylation sites (N-methyl/N-ethyl adjacent to an activating group) is 1. The Balaban J connectivity index is 1.92. The summed E-state index contributed by atoms with van der Waals surface area (Å²) in [6.07, 6.45) is -0.116. The fourth-order valence-corrected chi connectivity index (χ4v) is 4.26. The van der Waals surface area contributed by atoms with E-state index in [2.05, 4.69) is 16.5 Å². The van der Waals surface area contributed by atoms with Gasteiger partial charge in [-0.25, -0.2) is 13.1 Å². The number of thiophene rings is 1. The highest BCUT2D eigenvalue weighted by atomic mass is 32.2. The van der Waals surface area contributed by atoms with E-state index in [1.165, 1.54) is 22.8 Å². The highest BCUT2D eigenvalue weighted by molar-refractivity contribution is 7.89. The Labute approximate surface area is 123 Å². The van der Waals surface area contributed by atoms with Gasteiger partial charge in [0.2, 0.25) is 10.0 Å². The molecule has 1 atom stereocenters. The molecule has 6 nitrogen and oxygen atoms in total. The molecule has 114 valence electrons. The SMILES string of the molecule is CCN1CCOC(CNS(=O)(=O)c2csc(CO)c2)C1. The first-order valence-electron chi connectivity index (χ1n) is 6.57. The zero-order valence-corrected chi connectivity index (χ0v) is 13.0. The summed E-state index contributed by atoms with van der Waals surface area (Å²) in [6, 6.07) is 1.49. The van der Waals surface area contributed by atoms with Crippen molar-refractivity contribution in [2.45, 2.75) is 24.5 Å². The molecule has 2 rings (SSSR count). The number of morpholine rings is 1.